The molecule has 0 unspecified atom stereocenters. The number of nitrogens with one attached hydrogen (secondary N) is 1. The first-order valence-corrected chi connectivity index (χ1v) is 7.90. The molecule has 98 valence electrons. The van der Waals surface area contributed by atoms with Crippen LogP contribution in [0.15, 0.2) is 30.3 Å². The molecule has 0 radical (unpaired) electrons. The van der Waals surface area contributed by atoms with Gasteiger partial charge in [0.25, 0.3) is 0 Å². The van der Waals surface area contributed by atoms with Crippen LogP contribution in [0.2, 0.25) is 0 Å². The molecule has 0 saturated carbocycles. The second-order valence-electron chi connectivity index (χ2n) is 4.69. The lowest BCUT2D eigenvalue weighted by molar-refractivity contribution is 0.585. The van der Waals surface area contributed by atoms with Gasteiger partial charge in [-0.1, -0.05) is 43.4 Å². The lowest BCUT2D eigenvalue weighted by atomic mass is 10.2. The number of hydrogen-bond acceptors (Lipinski definition) is 5. The Balaban J connectivity index is 1.85. The van der Waals surface area contributed by atoms with Crippen LogP contribution in [0, 0.1) is 0 Å². The van der Waals surface area contributed by atoms with Gasteiger partial charge in [-0.3, -0.25) is 0 Å². The molecule has 0 amide bonds. The van der Waals surface area contributed by atoms with Crippen molar-refractivity contribution in [1.29, 1.82) is 0 Å². The Morgan fingerprint density at radius 3 is 2.79 bits per heavy atom. The number of aromatic nitrogens is 2. The van der Waals surface area contributed by atoms with E-state index < -0.39 is 0 Å². The zero-order valence-corrected chi connectivity index (χ0v) is 12.5. The maximum atomic E-state index is 4.30. The minimum atomic E-state index is 0.469. The predicted molar refractivity (Wildman–Crippen MR) is 82.7 cm³/mol. The summed E-state index contributed by atoms with van der Waals surface area (Å²) in [5.74, 6) is 0. The minimum Gasteiger partial charge on any atom is -0.308 e. The number of nitrogens with zero attached hydrogens (tertiary/aromatic N) is 2. The van der Waals surface area contributed by atoms with Crippen molar-refractivity contribution in [2.24, 2.45) is 0 Å². The minimum absolute atomic E-state index is 0.469. The molecule has 0 spiro atoms. The van der Waals surface area contributed by atoms with Crippen molar-refractivity contribution in [3.63, 3.8) is 0 Å². The van der Waals surface area contributed by atoms with E-state index in [1.807, 2.05) is 0 Å². The molecule has 3 aromatic rings. The molecule has 0 aliphatic rings. The van der Waals surface area contributed by atoms with Crippen LogP contribution in [0.4, 0.5) is 0 Å². The van der Waals surface area contributed by atoms with Gasteiger partial charge in [-0.25, -0.2) is 0 Å². The van der Waals surface area contributed by atoms with Crippen LogP contribution in [-0.4, -0.2) is 16.2 Å². The molecule has 1 aromatic carbocycles. The molecule has 0 fully saturated rings. The molecule has 1 N–H and O–H groups in total. The molecule has 0 atom stereocenters. The van der Waals surface area contributed by atoms with Crippen molar-refractivity contribution in [3.8, 4) is 9.88 Å². The van der Waals surface area contributed by atoms with E-state index in [9.17, 15) is 0 Å². The van der Waals surface area contributed by atoms with E-state index in [4.69, 9.17) is 0 Å². The van der Waals surface area contributed by atoms with Crippen molar-refractivity contribution in [2.45, 2.75) is 26.4 Å². The summed E-state index contributed by atoms with van der Waals surface area (Å²) in [4.78, 5) is 1.20. The van der Waals surface area contributed by atoms with Crippen LogP contribution in [0.25, 0.3) is 20.0 Å². The third-order valence-electron chi connectivity index (χ3n) is 2.76. The summed E-state index contributed by atoms with van der Waals surface area (Å²) in [6, 6.07) is 11.1. The lowest BCUT2D eigenvalue weighted by Gasteiger charge is -2.03. The van der Waals surface area contributed by atoms with Crippen molar-refractivity contribution < 1.29 is 0 Å². The molecular weight excluding hydrogens is 274 g/mol. The van der Waals surface area contributed by atoms with E-state index >= 15 is 0 Å². The van der Waals surface area contributed by atoms with Crippen molar-refractivity contribution in [1.82, 2.24) is 15.5 Å². The number of thiophene rings is 1. The summed E-state index contributed by atoms with van der Waals surface area (Å²) in [7, 11) is 0. The Labute approximate surface area is 120 Å². The zero-order valence-electron chi connectivity index (χ0n) is 10.9. The zero-order chi connectivity index (χ0) is 13.2. The average Bonchev–Trinajstić information content (AvgIpc) is 3.02. The van der Waals surface area contributed by atoms with Crippen molar-refractivity contribution in [2.75, 3.05) is 0 Å². The maximum Gasteiger partial charge on any atom is 0.157 e. The molecule has 0 aliphatic heterocycles. The van der Waals surface area contributed by atoms with Crippen LogP contribution in [0.3, 0.4) is 0 Å². The molecule has 3 rings (SSSR count). The number of benzene rings is 1. The highest BCUT2D eigenvalue weighted by Gasteiger charge is 2.10. The summed E-state index contributed by atoms with van der Waals surface area (Å²) in [5, 5.41) is 15.2. The number of hydrogen-bond donors (Lipinski definition) is 1. The van der Waals surface area contributed by atoms with Crippen LogP contribution in [-0.2, 0) is 6.54 Å². The van der Waals surface area contributed by atoms with Crippen LogP contribution in [0.5, 0.6) is 0 Å². The maximum absolute atomic E-state index is 4.30. The highest BCUT2D eigenvalue weighted by Crippen LogP contribution is 2.34. The Bertz CT molecular complexity index is 652. The lowest BCUT2D eigenvalue weighted by Crippen LogP contribution is -2.21. The Morgan fingerprint density at radius 2 is 2.00 bits per heavy atom. The largest absolute Gasteiger partial charge is 0.308 e. The molecule has 5 heteroatoms. The molecule has 19 heavy (non-hydrogen) atoms. The predicted octanol–water partition coefficient (Wildman–Crippen LogP) is 3.92. The van der Waals surface area contributed by atoms with Crippen LogP contribution >= 0.6 is 22.7 Å². The number of rotatable bonds is 4. The van der Waals surface area contributed by atoms with Crippen molar-refractivity contribution >= 4 is 32.8 Å². The van der Waals surface area contributed by atoms with Gasteiger partial charge in [0.05, 0.1) is 4.88 Å². The number of fused-ring (bicyclic) bond motifs is 1. The second-order valence-corrected chi connectivity index (χ2v) is 6.83. The summed E-state index contributed by atoms with van der Waals surface area (Å²) >= 11 is 3.44. The van der Waals surface area contributed by atoms with Crippen LogP contribution in [0.1, 0.15) is 18.9 Å². The summed E-state index contributed by atoms with van der Waals surface area (Å²) in [6.45, 7) is 5.06. The van der Waals surface area contributed by atoms with E-state index in [0.717, 1.165) is 16.6 Å². The van der Waals surface area contributed by atoms with Gasteiger partial charge in [-0.05, 0) is 17.5 Å². The van der Waals surface area contributed by atoms with E-state index in [1.54, 1.807) is 22.7 Å². The Hall–Kier alpha value is -1.30. The standard InChI is InChI=1S/C14H15N3S2/c1-9(2)15-8-13-16-17-14(19-13)12-7-10-5-3-4-6-11(10)18-12/h3-7,9,15H,8H2,1-2H3. The molecular formula is C14H15N3S2. The van der Waals surface area contributed by atoms with E-state index in [2.05, 4.69) is 59.7 Å². The Morgan fingerprint density at radius 1 is 1.16 bits per heavy atom. The SMILES string of the molecule is CC(C)NCc1nnc(-c2cc3ccccc3s2)s1. The van der Waals surface area contributed by atoms with Gasteiger partial charge in [0.15, 0.2) is 5.01 Å². The third kappa shape index (κ3) is 2.83. The molecule has 0 aliphatic carbocycles. The fourth-order valence-electron chi connectivity index (χ4n) is 1.80. The van der Waals surface area contributed by atoms with E-state index in [0.29, 0.717) is 6.04 Å². The monoisotopic (exact) mass is 289 g/mol. The van der Waals surface area contributed by atoms with Gasteiger partial charge in [-0.2, -0.15) is 0 Å². The van der Waals surface area contributed by atoms with Gasteiger partial charge >= 0.3 is 0 Å². The smallest absolute Gasteiger partial charge is 0.157 e. The fraction of sp³-hybridized carbons (Fsp3) is 0.286. The second kappa shape index (κ2) is 5.36. The summed E-state index contributed by atoms with van der Waals surface area (Å²) in [6.07, 6.45) is 0. The van der Waals surface area contributed by atoms with Gasteiger partial charge in [-0.15, -0.1) is 21.5 Å². The highest BCUT2D eigenvalue weighted by atomic mass is 32.1. The summed E-state index contributed by atoms with van der Waals surface area (Å²) < 4.78 is 1.30. The molecule has 2 aromatic heterocycles. The van der Waals surface area contributed by atoms with Crippen LogP contribution < -0.4 is 5.32 Å². The summed E-state index contributed by atoms with van der Waals surface area (Å²) in [5.41, 5.74) is 0. The molecule has 2 heterocycles. The first-order chi connectivity index (χ1) is 9.22. The highest BCUT2D eigenvalue weighted by molar-refractivity contribution is 7.25. The first-order valence-electron chi connectivity index (χ1n) is 6.27. The van der Waals surface area contributed by atoms with Gasteiger partial charge in [0.1, 0.15) is 5.01 Å². The fourth-order valence-corrected chi connectivity index (χ4v) is 3.70. The molecule has 3 nitrogen and oxygen atoms in total. The van der Waals surface area contributed by atoms with E-state index in [1.165, 1.54) is 15.0 Å². The first kappa shape index (κ1) is 12.7. The topological polar surface area (TPSA) is 37.8 Å². The average molecular weight is 289 g/mol. The van der Waals surface area contributed by atoms with Gasteiger partial charge < -0.3 is 5.32 Å². The quantitative estimate of drug-likeness (QED) is 0.791. The van der Waals surface area contributed by atoms with Gasteiger partial charge in [0, 0.05) is 17.3 Å². The molecule has 0 bridgehead atoms. The van der Waals surface area contributed by atoms with Gasteiger partial charge in [0.2, 0.25) is 0 Å². The third-order valence-corrected chi connectivity index (χ3v) is 4.97. The Kier molecular flexibility index (Phi) is 3.59. The van der Waals surface area contributed by atoms with E-state index in [-0.39, 0.29) is 0 Å². The van der Waals surface area contributed by atoms with Crippen molar-refractivity contribution in [3.05, 3.63) is 35.3 Å². The normalized spacial score (nSPS) is 11.5. The molecule has 0 saturated heterocycles.